The predicted molar refractivity (Wildman–Crippen MR) is 93.5 cm³/mol. The standard InChI is InChI=1S/C18H12FN5O/c1-22-15-5-4-10-2-3-11(17(25)24-18(20)21)8-13(10)16(15)12-6-7-23-9-14(12)19/h2-9H,(H4,20,21,24,25). The molecule has 122 valence electrons. The molecule has 0 aliphatic heterocycles. The summed E-state index contributed by atoms with van der Waals surface area (Å²) in [6.45, 7) is 7.38. The molecule has 0 saturated carbocycles. The van der Waals surface area contributed by atoms with Crippen molar-refractivity contribution in [2.45, 2.75) is 0 Å². The van der Waals surface area contributed by atoms with Gasteiger partial charge >= 0.3 is 0 Å². The van der Waals surface area contributed by atoms with Gasteiger partial charge in [-0.3, -0.25) is 9.78 Å². The molecule has 0 fully saturated rings. The summed E-state index contributed by atoms with van der Waals surface area (Å²) in [5, 5.41) is 1.30. The fraction of sp³-hybridized carbons (Fsp3) is 0. The minimum atomic E-state index is -0.615. The van der Waals surface area contributed by atoms with E-state index in [2.05, 4.69) is 14.8 Å². The van der Waals surface area contributed by atoms with E-state index in [0.717, 1.165) is 11.6 Å². The van der Waals surface area contributed by atoms with Crippen LogP contribution in [0.25, 0.3) is 26.7 Å². The van der Waals surface area contributed by atoms with Crippen molar-refractivity contribution in [1.82, 2.24) is 4.98 Å². The highest BCUT2D eigenvalue weighted by Gasteiger charge is 2.15. The molecular weight excluding hydrogens is 321 g/mol. The van der Waals surface area contributed by atoms with E-state index < -0.39 is 11.7 Å². The molecule has 3 aromatic rings. The van der Waals surface area contributed by atoms with Crippen LogP contribution >= 0.6 is 0 Å². The average molecular weight is 333 g/mol. The summed E-state index contributed by atoms with van der Waals surface area (Å²) in [5.41, 5.74) is 11.6. The monoisotopic (exact) mass is 333 g/mol. The first-order valence-electron chi connectivity index (χ1n) is 7.19. The van der Waals surface area contributed by atoms with Crippen molar-refractivity contribution in [3.63, 3.8) is 0 Å². The second-order valence-electron chi connectivity index (χ2n) is 5.20. The van der Waals surface area contributed by atoms with E-state index in [0.29, 0.717) is 10.9 Å². The van der Waals surface area contributed by atoms with Crippen LogP contribution in [-0.4, -0.2) is 16.9 Å². The van der Waals surface area contributed by atoms with E-state index in [1.165, 1.54) is 12.3 Å². The zero-order valence-corrected chi connectivity index (χ0v) is 12.9. The van der Waals surface area contributed by atoms with Gasteiger partial charge < -0.3 is 11.5 Å². The van der Waals surface area contributed by atoms with Gasteiger partial charge in [-0.25, -0.2) is 9.24 Å². The van der Waals surface area contributed by atoms with Crippen molar-refractivity contribution in [3.8, 4) is 11.1 Å². The summed E-state index contributed by atoms with van der Waals surface area (Å²) < 4.78 is 14.3. The molecule has 0 aliphatic carbocycles. The number of halogens is 1. The molecular formula is C18H12FN5O. The van der Waals surface area contributed by atoms with Gasteiger partial charge in [-0.15, -0.1) is 0 Å². The fourth-order valence-corrected chi connectivity index (χ4v) is 2.58. The van der Waals surface area contributed by atoms with Crippen LogP contribution < -0.4 is 11.5 Å². The number of hydrogen-bond acceptors (Lipinski definition) is 2. The molecule has 0 spiro atoms. The Hall–Kier alpha value is -3.79. The number of guanidine groups is 1. The molecule has 2 aromatic carbocycles. The third-order valence-corrected chi connectivity index (χ3v) is 3.64. The van der Waals surface area contributed by atoms with E-state index in [1.54, 1.807) is 30.3 Å². The van der Waals surface area contributed by atoms with Crippen LogP contribution in [0.15, 0.2) is 53.8 Å². The minimum absolute atomic E-state index is 0.234. The first-order chi connectivity index (χ1) is 12.0. The maximum Gasteiger partial charge on any atom is 0.280 e. The first-order valence-corrected chi connectivity index (χ1v) is 7.19. The molecule has 0 radical (unpaired) electrons. The number of carbonyl (C=O) groups is 1. The predicted octanol–water partition coefficient (Wildman–Crippen LogP) is 3.01. The van der Waals surface area contributed by atoms with Crippen LogP contribution in [0.1, 0.15) is 10.4 Å². The second kappa shape index (κ2) is 6.37. The lowest BCUT2D eigenvalue weighted by molar-refractivity contribution is 0.100. The Morgan fingerprint density at radius 1 is 1.20 bits per heavy atom. The third kappa shape index (κ3) is 3.01. The van der Waals surface area contributed by atoms with Gasteiger partial charge in [0.15, 0.2) is 11.6 Å². The van der Waals surface area contributed by atoms with E-state index in [4.69, 9.17) is 18.0 Å². The van der Waals surface area contributed by atoms with Crippen molar-refractivity contribution in [2.75, 3.05) is 0 Å². The largest absolute Gasteiger partial charge is 0.370 e. The lowest BCUT2D eigenvalue weighted by atomic mass is 9.95. The SMILES string of the molecule is [C-]#[N+]c1ccc2ccc(C(=O)N=C(N)N)cc2c1-c1ccncc1F. The Bertz CT molecular complexity index is 1060. The number of aromatic nitrogens is 1. The molecule has 7 heteroatoms. The highest BCUT2D eigenvalue weighted by molar-refractivity contribution is 6.08. The van der Waals surface area contributed by atoms with Crippen LogP contribution in [0.2, 0.25) is 0 Å². The molecule has 0 atom stereocenters. The van der Waals surface area contributed by atoms with Crippen LogP contribution in [0.3, 0.4) is 0 Å². The Morgan fingerprint density at radius 3 is 2.64 bits per heavy atom. The Balaban J connectivity index is 2.34. The summed E-state index contributed by atoms with van der Waals surface area (Å²) in [4.78, 5) is 22.8. The number of nitrogens with two attached hydrogens (primary N) is 2. The quantitative estimate of drug-likeness (QED) is 0.428. The topological polar surface area (TPSA) is 98.7 Å². The van der Waals surface area contributed by atoms with Gasteiger partial charge in [0.25, 0.3) is 5.91 Å². The minimum Gasteiger partial charge on any atom is -0.370 e. The molecule has 0 saturated heterocycles. The number of aliphatic imine (C=N–C) groups is 1. The summed E-state index contributed by atoms with van der Waals surface area (Å²) in [7, 11) is 0. The van der Waals surface area contributed by atoms with Crippen molar-refractivity contribution in [3.05, 3.63) is 71.6 Å². The van der Waals surface area contributed by atoms with E-state index in [9.17, 15) is 9.18 Å². The molecule has 1 aromatic heterocycles. The molecule has 0 unspecified atom stereocenters. The Morgan fingerprint density at radius 2 is 1.96 bits per heavy atom. The van der Waals surface area contributed by atoms with E-state index >= 15 is 0 Å². The number of rotatable bonds is 2. The van der Waals surface area contributed by atoms with Gasteiger partial charge in [0.1, 0.15) is 5.82 Å². The number of carbonyl (C=O) groups excluding carboxylic acids is 1. The number of amides is 1. The van der Waals surface area contributed by atoms with Crippen LogP contribution in [-0.2, 0) is 0 Å². The number of hydrogen-bond donors (Lipinski definition) is 2. The summed E-state index contributed by atoms with van der Waals surface area (Å²) in [5.74, 6) is -1.52. The number of benzene rings is 2. The molecule has 3 rings (SSSR count). The zero-order valence-electron chi connectivity index (χ0n) is 12.9. The Kier molecular flexibility index (Phi) is 4.10. The van der Waals surface area contributed by atoms with Gasteiger partial charge in [0, 0.05) is 17.3 Å². The fourth-order valence-electron chi connectivity index (χ4n) is 2.58. The smallest absolute Gasteiger partial charge is 0.280 e. The highest BCUT2D eigenvalue weighted by atomic mass is 19.1. The number of pyridine rings is 1. The maximum absolute atomic E-state index is 14.3. The van der Waals surface area contributed by atoms with E-state index in [1.807, 2.05) is 0 Å². The molecule has 4 N–H and O–H groups in total. The molecule has 6 nitrogen and oxygen atoms in total. The van der Waals surface area contributed by atoms with Crippen molar-refractivity contribution in [1.29, 1.82) is 0 Å². The highest BCUT2D eigenvalue weighted by Crippen LogP contribution is 2.38. The lowest BCUT2D eigenvalue weighted by Crippen LogP contribution is -2.24. The van der Waals surface area contributed by atoms with Gasteiger partial charge in [-0.2, -0.15) is 4.99 Å². The van der Waals surface area contributed by atoms with Crippen LogP contribution in [0.5, 0.6) is 0 Å². The average Bonchev–Trinajstić information content (AvgIpc) is 2.60. The molecule has 0 bridgehead atoms. The third-order valence-electron chi connectivity index (χ3n) is 3.64. The molecule has 1 heterocycles. The van der Waals surface area contributed by atoms with E-state index in [-0.39, 0.29) is 22.8 Å². The normalized spacial score (nSPS) is 10.2. The zero-order chi connectivity index (χ0) is 18.0. The van der Waals surface area contributed by atoms with Crippen molar-refractivity contribution < 1.29 is 9.18 Å². The van der Waals surface area contributed by atoms with Gasteiger partial charge in [0.05, 0.1) is 12.8 Å². The molecule has 1 amide bonds. The number of fused-ring (bicyclic) bond motifs is 1. The van der Waals surface area contributed by atoms with Crippen LogP contribution in [0, 0.1) is 12.4 Å². The molecule has 0 aliphatic rings. The van der Waals surface area contributed by atoms with Gasteiger partial charge in [0.2, 0.25) is 0 Å². The summed E-state index contributed by atoms with van der Waals surface area (Å²) in [6.07, 6.45) is 2.52. The second-order valence-corrected chi connectivity index (χ2v) is 5.20. The lowest BCUT2D eigenvalue weighted by Gasteiger charge is -2.11. The van der Waals surface area contributed by atoms with Gasteiger partial charge in [-0.1, -0.05) is 18.2 Å². The van der Waals surface area contributed by atoms with Crippen molar-refractivity contribution >= 4 is 28.3 Å². The summed E-state index contributed by atoms with van der Waals surface area (Å²) >= 11 is 0. The molecule has 25 heavy (non-hydrogen) atoms. The first kappa shape index (κ1) is 16.1. The number of nitrogens with zero attached hydrogens (tertiary/aromatic N) is 3. The van der Waals surface area contributed by atoms with Crippen molar-refractivity contribution in [2.24, 2.45) is 16.5 Å². The van der Waals surface area contributed by atoms with Gasteiger partial charge in [-0.05, 0) is 34.5 Å². The maximum atomic E-state index is 14.3. The summed E-state index contributed by atoms with van der Waals surface area (Å²) in [6, 6.07) is 9.65. The van der Waals surface area contributed by atoms with Crippen LogP contribution in [0.4, 0.5) is 10.1 Å². The Labute approximate surface area is 142 Å².